The SMILES string of the molecule is Cc1cccc(C)c1NC(=O)CNc1ccc(C=O)cc1[N+](=O)[O-]. The van der Waals surface area contributed by atoms with E-state index in [-0.39, 0.29) is 29.4 Å². The highest BCUT2D eigenvalue weighted by Gasteiger charge is 2.15. The Balaban J connectivity index is 2.09. The van der Waals surface area contributed by atoms with Crippen molar-refractivity contribution < 1.29 is 14.5 Å². The van der Waals surface area contributed by atoms with Gasteiger partial charge in [0.15, 0.2) is 0 Å². The fourth-order valence-electron chi connectivity index (χ4n) is 2.29. The molecule has 2 N–H and O–H groups in total. The quantitative estimate of drug-likeness (QED) is 0.482. The van der Waals surface area contributed by atoms with Gasteiger partial charge in [0.05, 0.1) is 11.5 Å². The first-order valence-electron chi connectivity index (χ1n) is 7.26. The number of anilines is 2. The number of hydrogen-bond donors (Lipinski definition) is 2. The van der Waals surface area contributed by atoms with Gasteiger partial charge in [-0.1, -0.05) is 18.2 Å². The number of nitrogens with zero attached hydrogens (tertiary/aromatic N) is 1. The molecule has 0 aliphatic heterocycles. The van der Waals surface area contributed by atoms with E-state index < -0.39 is 4.92 Å². The van der Waals surface area contributed by atoms with E-state index in [4.69, 9.17) is 0 Å². The lowest BCUT2D eigenvalue weighted by Gasteiger charge is -2.12. The van der Waals surface area contributed by atoms with Crippen LogP contribution in [0.15, 0.2) is 36.4 Å². The smallest absolute Gasteiger partial charge is 0.293 e. The Hall–Kier alpha value is -3.22. The largest absolute Gasteiger partial charge is 0.371 e. The molecule has 0 radical (unpaired) electrons. The second-order valence-electron chi connectivity index (χ2n) is 5.32. The highest BCUT2D eigenvalue weighted by Crippen LogP contribution is 2.25. The van der Waals surface area contributed by atoms with Gasteiger partial charge >= 0.3 is 0 Å². The molecule has 0 aliphatic rings. The van der Waals surface area contributed by atoms with E-state index in [1.807, 2.05) is 32.0 Å². The summed E-state index contributed by atoms with van der Waals surface area (Å²) in [5.41, 5.74) is 2.73. The summed E-state index contributed by atoms with van der Waals surface area (Å²) in [7, 11) is 0. The Kier molecular flexibility index (Phi) is 5.26. The van der Waals surface area contributed by atoms with Crippen LogP contribution in [0.3, 0.4) is 0 Å². The molecule has 24 heavy (non-hydrogen) atoms. The van der Waals surface area contributed by atoms with Gasteiger partial charge in [0.25, 0.3) is 5.69 Å². The molecule has 124 valence electrons. The maximum Gasteiger partial charge on any atom is 0.293 e. The van der Waals surface area contributed by atoms with Crippen molar-refractivity contribution >= 4 is 29.3 Å². The predicted octanol–water partition coefficient (Wildman–Crippen LogP) is 3.07. The Morgan fingerprint density at radius 3 is 2.46 bits per heavy atom. The molecule has 0 aliphatic carbocycles. The zero-order valence-corrected chi connectivity index (χ0v) is 13.3. The summed E-state index contributed by atoms with van der Waals surface area (Å²) in [6.07, 6.45) is 0.532. The van der Waals surface area contributed by atoms with E-state index in [1.165, 1.54) is 18.2 Å². The maximum atomic E-state index is 12.1. The zero-order chi connectivity index (χ0) is 17.7. The highest BCUT2D eigenvalue weighted by atomic mass is 16.6. The molecule has 2 aromatic rings. The van der Waals surface area contributed by atoms with Crippen LogP contribution in [0.4, 0.5) is 17.1 Å². The first-order chi connectivity index (χ1) is 11.4. The molecule has 7 heteroatoms. The minimum absolute atomic E-state index is 0.130. The van der Waals surface area contributed by atoms with Gasteiger partial charge in [-0.15, -0.1) is 0 Å². The fraction of sp³-hybridized carbons (Fsp3) is 0.176. The van der Waals surface area contributed by atoms with Gasteiger partial charge < -0.3 is 10.6 Å². The van der Waals surface area contributed by atoms with E-state index in [1.54, 1.807) is 0 Å². The van der Waals surface area contributed by atoms with Crippen molar-refractivity contribution in [3.8, 4) is 0 Å². The number of carbonyl (C=O) groups excluding carboxylic acids is 2. The third-order valence-electron chi connectivity index (χ3n) is 3.54. The zero-order valence-electron chi connectivity index (χ0n) is 13.3. The molecule has 0 unspecified atom stereocenters. The molecular weight excluding hydrogens is 310 g/mol. The summed E-state index contributed by atoms with van der Waals surface area (Å²) in [6, 6.07) is 9.70. The van der Waals surface area contributed by atoms with Crippen LogP contribution >= 0.6 is 0 Å². The fourth-order valence-corrected chi connectivity index (χ4v) is 2.29. The standard InChI is InChI=1S/C17H17N3O4/c1-11-4-3-5-12(2)17(11)19-16(22)9-18-14-7-6-13(10-21)8-15(14)20(23)24/h3-8,10,18H,9H2,1-2H3,(H,19,22). The van der Waals surface area contributed by atoms with Crippen molar-refractivity contribution in [2.75, 3.05) is 17.2 Å². The maximum absolute atomic E-state index is 12.1. The van der Waals surface area contributed by atoms with Gasteiger partial charge in [-0.05, 0) is 37.1 Å². The number of hydrogen-bond acceptors (Lipinski definition) is 5. The molecule has 0 fully saturated rings. The number of nitro groups is 1. The van der Waals surface area contributed by atoms with Crippen molar-refractivity contribution in [1.29, 1.82) is 0 Å². The molecule has 2 aromatic carbocycles. The van der Waals surface area contributed by atoms with Crippen molar-refractivity contribution in [2.45, 2.75) is 13.8 Å². The van der Waals surface area contributed by atoms with Crippen LogP contribution in [0.25, 0.3) is 0 Å². The van der Waals surface area contributed by atoms with E-state index >= 15 is 0 Å². The van der Waals surface area contributed by atoms with Crippen LogP contribution in [-0.4, -0.2) is 23.7 Å². The number of nitrogens with one attached hydrogen (secondary N) is 2. The van der Waals surface area contributed by atoms with Crippen molar-refractivity contribution in [3.63, 3.8) is 0 Å². The van der Waals surface area contributed by atoms with Crippen LogP contribution in [0, 0.1) is 24.0 Å². The predicted molar refractivity (Wildman–Crippen MR) is 91.5 cm³/mol. The van der Waals surface area contributed by atoms with Crippen LogP contribution in [0.5, 0.6) is 0 Å². The molecule has 0 spiro atoms. The van der Waals surface area contributed by atoms with Crippen LogP contribution in [0.2, 0.25) is 0 Å². The Labute approximate surface area is 138 Å². The number of para-hydroxylation sites is 1. The molecule has 0 aromatic heterocycles. The Bertz CT molecular complexity index is 782. The lowest BCUT2D eigenvalue weighted by Crippen LogP contribution is -2.23. The van der Waals surface area contributed by atoms with Gasteiger partial charge in [0.1, 0.15) is 12.0 Å². The average Bonchev–Trinajstić information content (AvgIpc) is 2.56. The Morgan fingerprint density at radius 1 is 1.21 bits per heavy atom. The number of amides is 1. The summed E-state index contributed by atoms with van der Waals surface area (Å²) >= 11 is 0. The van der Waals surface area contributed by atoms with Gasteiger partial charge in [-0.3, -0.25) is 19.7 Å². The minimum atomic E-state index is -0.598. The number of aryl methyl sites for hydroxylation is 2. The summed E-state index contributed by atoms with van der Waals surface area (Å²) in [6.45, 7) is 3.65. The average molecular weight is 327 g/mol. The van der Waals surface area contributed by atoms with Crippen molar-refractivity contribution in [3.05, 3.63) is 63.2 Å². The summed E-state index contributed by atoms with van der Waals surface area (Å²) in [5, 5.41) is 16.6. The van der Waals surface area contributed by atoms with Crippen LogP contribution in [0.1, 0.15) is 21.5 Å². The summed E-state index contributed by atoms with van der Waals surface area (Å²) < 4.78 is 0. The minimum Gasteiger partial charge on any atom is -0.371 e. The number of carbonyl (C=O) groups is 2. The number of rotatable bonds is 6. The van der Waals surface area contributed by atoms with Gasteiger partial charge in [-0.25, -0.2) is 0 Å². The number of aldehydes is 1. The molecule has 1 amide bonds. The van der Waals surface area contributed by atoms with Gasteiger partial charge in [-0.2, -0.15) is 0 Å². The number of benzene rings is 2. The van der Waals surface area contributed by atoms with E-state index in [0.717, 1.165) is 16.8 Å². The molecule has 0 heterocycles. The van der Waals surface area contributed by atoms with Gasteiger partial charge in [0.2, 0.25) is 5.91 Å². The van der Waals surface area contributed by atoms with Gasteiger partial charge in [0, 0.05) is 17.3 Å². The molecule has 0 saturated heterocycles. The van der Waals surface area contributed by atoms with Crippen LogP contribution < -0.4 is 10.6 Å². The third-order valence-corrected chi connectivity index (χ3v) is 3.54. The van der Waals surface area contributed by atoms with E-state index in [9.17, 15) is 19.7 Å². The first-order valence-corrected chi connectivity index (χ1v) is 7.26. The second-order valence-corrected chi connectivity index (χ2v) is 5.32. The second kappa shape index (κ2) is 7.36. The monoisotopic (exact) mass is 327 g/mol. The van der Waals surface area contributed by atoms with E-state index in [2.05, 4.69) is 10.6 Å². The Morgan fingerprint density at radius 2 is 1.88 bits per heavy atom. The lowest BCUT2D eigenvalue weighted by molar-refractivity contribution is -0.384. The summed E-state index contributed by atoms with van der Waals surface area (Å²) in [4.78, 5) is 33.3. The van der Waals surface area contributed by atoms with Crippen LogP contribution in [-0.2, 0) is 4.79 Å². The van der Waals surface area contributed by atoms with Crippen molar-refractivity contribution in [1.82, 2.24) is 0 Å². The molecule has 0 atom stereocenters. The highest BCUT2D eigenvalue weighted by molar-refractivity contribution is 5.95. The molecule has 7 nitrogen and oxygen atoms in total. The topological polar surface area (TPSA) is 101 Å². The molecular formula is C17H17N3O4. The molecule has 0 saturated carbocycles. The third kappa shape index (κ3) is 3.95. The molecule has 2 rings (SSSR count). The van der Waals surface area contributed by atoms with Crippen molar-refractivity contribution in [2.24, 2.45) is 0 Å². The lowest BCUT2D eigenvalue weighted by atomic mass is 10.1. The normalized spacial score (nSPS) is 10.1. The molecule has 0 bridgehead atoms. The number of nitro benzene ring substituents is 1. The first kappa shape index (κ1) is 17.1. The summed E-state index contributed by atoms with van der Waals surface area (Å²) in [5.74, 6) is -0.318. The van der Waals surface area contributed by atoms with E-state index in [0.29, 0.717) is 6.29 Å².